The van der Waals surface area contributed by atoms with E-state index in [1.54, 1.807) is 0 Å². The molecule has 0 aromatic heterocycles. The van der Waals surface area contributed by atoms with Gasteiger partial charge in [-0.05, 0) is 77.0 Å². The van der Waals surface area contributed by atoms with Gasteiger partial charge in [-0.25, -0.2) is 0 Å². The van der Waals surface area contributed by atoms with Crippen molar-refractivity contribution in [1.82, 2.24) is 0 Å². The quantitative estimate of drug-likeness (QED) is 0.0261. The summed E-state index contributed by atoms with van der Waals surface area (Å²) < 4.78 is 16.9. The maximum Gasteiger partial charge on any atom is 0.306 e. The van der Waals surface area contributed by atoms with Gasteiger partial charge in [0.2, 0.25) is 0 Å². The fourth-order valence-corrected chi connectivity index (χ4v) is 10.7. The molecule has 6 nitrogen and oxygen atoms in total. The molecule has 0 amide bonds. The van der Waals surface area contributed by atoms with Crippen molar-refractivity contribution in [1.29, 1.82) is 0 Å². The summed E-state index contributed by atoms with van der Waals surface area (Å²) >= 11 is 0. The summed E-state index contributed by atoms with van der Waals surface area (Å²) in [7, 11) is 0. The topological polar surface area (TPSA) is 78.9 Å². The fraction of sp³-hybridized carbons (Fsp3) is 0.827. The van der Waals surface area contributed by atoms with Crippen molar-refractivity contribution in [3.8, 4) is 0 Å². The van der Waals surface area contributed by atoms with E-state index in [4.69, 9.17) is 14.2 Å². The van der Waals surface area contributed by atoms with E-state index in [1.165, 1.54) is 225 Å². The maximum atomic E-state index is 12.9. The second-order valence-corrected chi connectivity index (χ2v) is 24.1. The molecule has 0 radical (unpaired) electrons. The molecule has 81 heavy (non-hydrogen) atoms. The fourth-order valence-electron chi connectivity index (χ4n) is 10.7. The Kier molecular flexibility index (Phi) is 67.1. The molecule has 0 fully saturated rings. The first kappa shape index (κ1) is 78.1. The normalized spacial score (nSPS) is 12.4. The van der Waals surface area contributed by atoms with Crippen LogP contribution in [0.4, 0.5) is 0 Å². The van der Waals surface area contributed by atoms with E-state index in [0.29, 0.717) is 19.3 Å². The van der Waals surface area contributed by atoms with Crippen molar-refractivity contribution < 1.29 is 28.6 Å². The molecule has 472 valence electrons. The summed E-state index contributed by atoms with van der Waals surface area (Å²) in [6.07, 6.45) is 90.0. The van der Waals surface area contributed by atoms with Crippen molar-refractivity contribution in [2.24, 2.45) is 0 Å². The summed E-state index contributed by atoms with van der Waals surface area (Å²) in [6.45, 7) is 6.52. The largest absolute Gasteiger partial charge is 0.462 e. The number of carbonyl (C=O) groups is 3. The molecule has 0 aromatic carbocycles. The zero-order chi connectivity index (χ0) is 58.5. The smallest absolute Gasteiger partial charge is 0.306 e. The van der Waals surface area contributed by atoms with Crippen LogP contribution in [0.5, 0.6) is 0 Å². The van der Waals surface area contributed by atoms with Gasteiger partial charge in [0.15, 0.2) is 6.10 Å². The second kappa shape index (κ2) is 69.6. The molecule has 0 saturated heterocycles. The van der Waals surface area contributed by atoms with Crippen LogP contribution in [-0.4, -0.2) is 37.2 Å². The molecule has 0 aromatic rings. The van der Waals surface area contributed by atoms with Crippen molar-refractivity contribution in [2.45, 2.75) is 386 Å². The molecule has 0 bridgehead atoms. The molecule has 1 atom stereocenters. The Morgan fingerprint density at radius 1 is 0.259 bits per heavy atom. The SMILES string of the molecule is CC/C=C\C/C=C\C/C=C\CCCCCCCC(=O)OC(COC(=O)CCCCCCC/C=C\C/C=C\CCCC)COC(=O)CCCCCCCCCCCCCCCCCCCCCCCCCCCCCCCCCCCC. The first-order chi connectivity index (χ1) is 40.0. The highest BCUT2D eigenvalue weighted by molar-refractivity contribution is 5.71. The van der Waals surface area contributed by atoms with Crippen LogP contribution in [0.25, 0.3) is 0 Å². The zero-order valence-electron chi connectivity index (χ0n) is 54.3. The van der Waals surface area contributed by atoms with Crippen LogP contribution in [0.2, 0.25) is 0 Å². The Bertz CT molecular complexity index is 1440. The first-order valence-electron chi connectivity index (χ1n) is 35.8. The van der Waals surface area contributed by atoms with E-state index in [2.05, 4.69) is 81.5 Å². The van der Waals surface area contributed by atoms with Crippen LogP contribution in [0.15, 0.2) is 60.8 Å². The van der Waals surface area contributed by atoms with Gasteiger partial charge in [-0.15, -0.1) is 0 Å². The lowest BCUT2D eigenvalue weighted by atomic mass is 10.0. The number of allylic oxidation sites excluding steroid dienone is 10. The average molecular weight is 1130 g/mol. The average Bonchev–Trinajstić information content (AvgIpc) is 3.47. The molecule has 0 N–H and O–H groups in total. The summed E-state index contributed by atoms with van der Waals surface area (Å²) in [6, 6.07) is 0. The second-order valence-electron chi connectivity index (χ2n) is 24.1. The molecule has 0 rings (SSSR count). The number of carbonyl (C=O) groups excluding carboxylic acids is 3. The third kappa shape index (κ3) is 67.8. The maximum absolute atomic E-state index is 12.9. The Labute approximate surface area is 504 Å². The lowest BCUT2D eigenvalue weighted by molar-refractivity contribution is -0.167. The van der Waals surface area contributed by atoms with E-state index in [-0.39, 0.29) is 31.1 Å². The number of esters is 3. The first-order valence-corrected chi connectivity index (χ1v) is 35.8. The van der Waals surface area contributed by atoms with Gasteiger partial charge in [0.1, 0.15) is 13.2 Å². The molecule has 0 heterocycles. The van der Waals surface area contributed by atoms with Crippen molar-refractivity contribution in [2.75, 3.05) is 13.2 Å². The monoisotopic (exact) mass is 1130 g/mol. The number of hydrogen-bond donors (Lipinski definition) is 0. The van der Waals surface area contributed by atoms with E-state index < -0.39 is 6.10 Å². The van der Waals surface area contributed by atoms with Crippen LogP contribution >= 0.6 is 0 Å². The highest BCUT2D eigenvalue weighted by Gasteiger charge is 2.19. The van der Waals surface area contributed by atoms with Crippen LogP contribution in [0, 0.1) is 0 Å². The van der Waals surface area contributed by atoms with Gasteiger partial charge in [0, 0.05) is 19.3 Å². The summed E-state index contributed by atoms with van der Waals surface area (Å²) in [5.74, 6) is -0.896. The van der Waals surface area contributed by atoms with Crippen molar-refractivity contribution >= 4 is 17.9 Å². The van der Waals surface area contributed by atoms with Gasteiger partial charge in [-0.1, -0.05) is 345 Å². The van der Waals surface area contributed by atoms with Crippen LogP contribution in [-0.2, 0) is 28.6 Å². The van der Waals surface area contributed by atoms with Gasteiger partial charge in [-0.3, -0.25) is 14.4 Å². The van der Waals surface area contributed by atoms with Gasteiger partial charge in [0.05, 0.1) is 0 Å². The van der Waals surface area contributed by atoms with E-state index in [9.17, 15) is 14.4 Å². The predicted molar refractivity (Wildman–Crippen MR) is 353 cm³/mol. The summed E-state index contributed by atoms with van der Waals surface area (Å²) in [4.78, 5) is 38.3. The van der Waals surface area contributed by atoms with E-state index in [0.717, 1.165) is 116 Å². The van der Waals surface area contributed by atoms with E-state index >= 15 is 0 Å². The third-order valence-electron chi connectivity index (χ3n) is 16.0. The lowest BCUT2D eigenvalue weighted by Gasteiger charge is -2.18. The van der Waals surface area contributed by atoms with Gasteiger partial charge >= 0.3 is 17.9 Å². The summed E-state index contributed by atoms with van der Waals surface area (Å²) in [5.41, 5.74) is 0. The number of rotatable bonds is 66. The molecule has 0 aliphatic rings. The molecule has 0 aliphatic heterocycles. The Balaban J connectivity index is 4.09. The molecular weight excluding hydrogens is 997 g/mol. The van der Waals surface area contributed by atoms with Crippen molar-refractivity contribution in [3.63, 3.8) is 0 Å². The minimum atomic E-state index is -0.789. The number of ether oxygens (including phenoxy) is 3. The molecule has 1 unspecified atom stereocenters. The standard InChI is InChI=1S/C75H136O6/c1-4-7-10-13-16-19-22-25-28-29-30-31-32-33-34-35-36-37-38-39-40-41-42-43-44-45-46-48-50-53-56-59-62-65-68-74(77)80-71-72(70-79-73(76)67-64-61-58-55-52-49-27-24-21-18-15-12-9-6-3)81-75(78)69-66-63-60-57-54-51-47-26-23-20-17-14-11-8-5-2/h8,11,15,17-18,20,24,26-27,47,72H,4-7,9-10,12-14,16,19,21-23,25,28-46,48-71H2,1-3H3/b11-8-,18-15-,20-17-,27-24-,47-26-. The minimum absolute atomic E-state index is 0.0830. The number of hydrogen-bond acceptors (Lipinski definition) is 6. The van der Waals surface area contributed by atoms with Gasteiger partial charge in [0.25, 0.3) is 0 Å². The third-order valence-corrected chi connectivity index (χ3v) is 16.0. The highest BCUT2D eigenvalue weighted by Crippen LogP contribution is 2.19. The van der Waals surface area contributed by atoms with Crippen LogP contribution in [0.3, 0.4) is 0 Å². The predicted octanol–water partition coefficient (Wildman–Crippen LogP) is 24.7. The molecule has 6 heteroatoms. The number of unbranched alkanes of at least 4 members (excludes halogenated alkanes) is 45. The Morgan fingerprint density at radius 2 is 0.494 bits per heavy atom. The highest BCUT2D eigenvalue weighted by atomic mass is 16.6. The van der Waals surface area contributed by atoms with E-state index in [1.807, 2.05) is 0 Å². The van der Waals surface area contributed by atoms with Crippen LogP contribution in [0.1, 0.15) is 380 Å². The Hall–Kier alpha value is -2.89. The zero-order valence-corrected chi connectivity index (χ0v) is 54.3. The molecule has 0 saturated carbocycles. The van der Waals surface area contributed by atoms with Crippen molar-refractivity contribution in [3.05, 3.63) is 60.8 Å². The molecular formula is C75H136O6. The van der Waals surface area contributed by atoms with Gasteiger partial charge < -0.3 is 14.2 Å². The Morgan fingerprint density at radius 3 is 0.790 bits per heavy atom. The lowest BCUT2D eigenvalue weighted by Crippen LogP contribution is -2.30. The summed E-state index contributed by atoms with van der Waals surface area (Å²) in [5, 5.41) is 0. The minimum Gasteiger partial charge on any atom is -0.462 e. The van der Waals surface area contributed by atoms with Gasteiger partial charge in [-0.2, -0.15) is 0 Å². The molecule has 0 spiro atoms. The molecule has 0 aliphatic carbocycles. The van der Waals surface area contributed by atoms with Crippen LogP contribution < -0.4 is 0 Å².